The number of aromatic nitrogens is 2. The summed E-state index contributed by atoms with van der Waals surface area (Å²) in [4.78, 5) is 8.58. The Morgan fingerprint density at radius 2 is 2.00 bits per heavy atom. The van der Waals surface area contributed by atoms with Crippen LogP contribution in [0.1, 0.15) is 46.4 Å². The minimum Gasteiger partial charge on any atom is -0.478 e. The molecule has 16 heavy (non-hydrogen) atoms. The third-order valence-corrected chi connectivity index (χ3v) is 2.14. The molecule has 0 spiro atoms. The highest BCUT2D eigenvalue weighted by Gasteiger charge is 2.18. The van der Waals surface area contributed by atoms with Crippen molar-refractivity contribution in [3.05, 3.63) is 11.9 Å². The summed E-state index contributed by atoms with van der Waals surface area (Å²) in [5.74, 6) is 1.76. The Bertz CT molecular complexity index is 345. The number of nitrogens with zero attached hydrogens (tertiary/aromatic N) is 2. The summed E-state index contributed by atoms with van der Waals surface area (Å²) >= 11 is 0. The molecule has 4 nitrogen and oxygen atoms in total. The molecule has 0 fully saturated rings. The van der Waals surface area contributed by atoms with Crippen LogP contribution in [0.25, 0.3) is 0 Å². The van der Waals surface area contributed by atoms with Crippen molar-refractivity contribution in [2.45, 2.75) is 46.0 Å². The molecule has 0 bridgehead atoms. The van der Waals surface area contributed by atoms with Crippen LogP contribution in [0.4, 0.5) is 5.82 Å². The third-order valence-electron chi connectivity index (χ3n) is 2.14. The molecule has 0 aliphatic heterocycles. The SMILES string of the molecule is CCCCOc1cc(N)nc(C(C)(C)C)n1. The number of unbranched alkanes of at least 4 members (excludes halogenated alkanes) is 1. The molecule has 0 atom stereocenters. The molecule has 0 aliphatic carbocycles. The zero-order valence-electron chi connectivity index (χ0n) is 10.6. The second-order valence-corrected chi connectivity index (χ2v) is 4.91. The predicted molar refractivity (Wildman–Crippen MR) is 65.5 cm³/mol. The Balaban J connectivity index is 2.82. The van der Waals surface area contributed by atoms with Crippen molar-refractivity contribution in [1.29, 1.82) is 0 Å². The van der Waals surface area contributed by atoms with Crippen LogP contribution in [0.3, 0.4) is 0 Å². The Hall–Kier alpha value is -1.32. The molecule has 1 rings (SSSR count). The summed E-state index contributed by atoms with van der Waals surface area (Å²) in [5.41, 5.74) is 5.62. The van der Waals surface area contributed by atoms with Crippen LogP contribution in [0, 0.1) is 0 Å². The van der Waals surface area contributed by atoms with Gasteiger partial charge in [0, 0.05) is 11.5 Å². The molecule has 90 valence electrons. The Labute approximate surface area is 97.2 Å². The molecule has 0 unspecified atom stereocenters. The fraction of sp³-hybridized carbons (Fsp3) is 0.667. The molecule has 1 aromatic rings. The number of hydrogen-bond donors (Lipinski definition) is 1. The van der Waals surface area contributed by atoms with Gasteiger partial charge in [0.2, 0.25) is 5.88 Å². The van der Waals surface area contributed by atoms with Gasteiger partial charge >= 0.3 is 0 Å². The topological polar surface area (TPSA) is 61.0 Å². The number of anilines is 1. The number of nitrogens with two attached hydrogens (primary N) is 1. The van der Waals surface area contributed by atoms with Gasteiger partial charge in [-0.05, 0) is 6.42 Å². The van der Waals surface area contributed by atoms with Crippen molar-refractivity contribution in [1.82, 2.24) is 9.97 Å². The van der Waals surface area contributed by atoms with Crippen LogP contribution in [0.5, 0.6) is 5.88 Å². The van der Waals surface area contributed by atoms with Crippen LogP contribution < -0.4 is 10.5 Å². The lowest BCUT2D eigenvalue weighted by Crippen LogP contribution is -2.17. The maximum absolute atomic E-state index is 5.73. The number of ether oxygens (including phenoxy) is 1. The van der Waals surface area contributed by atoms with E-state index in [1.54, 1.807) is 6.07 Å². The molecule has 0 amide bonds. The van der Waals surface area contributed by atoms with E-state index in [0.717, 1.165) is 18.7 Å². The van der Waals surface area contributed by atoms with Gasteiger partial charge in [-0.2, -0.15) is 4.98 Å². The molecular weight excluding hydrogens is 202 g/mol. The van der Waals surface area contributed by atoms with E-state index in [4.69, 9.17) is 10.5 Å². The Morgan fingerprint density at radius 1 is 1.31 bits per heavy atom. The summed E-state index contributed by atoms with van der Waals surface area (Å²) in [6, 6.07) is 1.67. The van der Waals surface area contributed by atoms with Gasteiger partial charge < -0.3 is 10.5 Å². The molecule has 2 N–H and O–H groups in total. The first-order valence-electron chi connectivity index (χ1n) is 5.71. The fourth-order valence-electron chi connectivity index (χ4n) is 1.17. The third kappa shape index (κ3) is 3.68. The molecule has 0 aliphatic rings. The first kappa shape index (κ1) is 12.7. The van der Waals surface area contributed by atoms with E-state index in [2.05, 4.69) is 37.7 Å². The summed E-state index contributed by atoms with van der Waals surface area (Å²) in [6.07, 6.45) is 2.13. The van der Waals surface area contributed by atoms with Crippen LogP contribution >= 0.6 is 0 Å². The molecule has 1 heterocycles. The van der Waals surface area contributed by atoms with Crippen LogP contribution in [-0.4, -0.2) is 16.6 Å². The average Bonchev–Trinajstić information content (AvgIpc) is 2.16. The second-order valence-electron chi connectivity index (χ2n) is 4.91. The average molecular weight is 223 g/mol. The zero-order chi connectivity index (χ0) is 12.2. The van der Waals surface area contributed by atoms with E-state index in [-0.39, 0.29) is 5.41 Å². The van der Waals surface area contributed by atoms with Crippen LogP contribution in [-0.2, 0) is 5.41 Å². The number of rotatable bonds is 4. The summed E-state index contributed by atoms with van der Waals surface area (Å²) in [6.45, 7) is 8.96. The first-order valence-corrected chi connectivity index (χ1v) is 5.71. The minimum atomic E-state index is -0.113. The van der Waals surface area contributed by atoms with Gasteiger partial charge in [0.05, 0.1) is 6.61 Å². The largest absolute Gasteiger partial charge is 0.478 e. The maximum atomic E-state index is 5.73. The van der Waals surface area contributed by atoms with Crippen molar-refractivity contribution in [2.75, 3.05) is 12.3 Å². The maximum Gasteiger partial charge on any atom is 0.218 e. The quantitative estimate of drug-likeness (QED) is 0.797. The van der Waals surface area contributed by atoms with Gasteiger partial charge in [-0.15, -0.1) is 0 Å². The normalized spacial score (nSPS) is 11.5. The second kappa shape index (κ2) is 5.14. The standard InChI is InChI=1S/C12H21N3O/c1-5-6-7-16-10-8-9(13)14-11(15-10)12(2,3)4/h8H,5-7H2,1-4H3,(H2,13,14,15). The van der Waals surface area contributed by atoms with Crippen molar-refractivity contribution in [2.24, 2.45) is 0 Å². The molecule has 4 heteroatoms. The highest BCUT2D eigenvalue weighted by Crippen LogP contribution is 2.22. The van der Waals surface area contributed by atoms with E-state index in [0.29, 0.717) is 18.3 Å². The summed E-state index contributed by atoms with van der Waals surface area (Å²) < 4.78 is 5.53. The molecule has 0 saturated heterocycles. The first-order chi connectivity index (χ1) is 7.43. The van der Waals surface area contributed by atoms with E-state index >= 15 is 0 Å². The predicted octanol–water partition coefficient (Wildman–Crippen LogP) is 2.54. The molecule has 1 aromatic heterocycles. The summed E-state index contributed by atoms with van der Waals surface area (Å²) in [5, 5.41) is 0. The lowest BCUT2D eigenvalue weighted by atomic mass is 9.96. The van der Waals surface area contributed by atoms with Gasteiger partial charge in [0.15, 0.2) is 0 Å². The van der Waals surface area contributed by atoms with E-state index in [9.17, 15) is 0 Å². The molecule has 0 saturated carbocycles. The highest BCUT2D eigenvalue weighted by atomic mass is 16.5. The molecule has 0 aromatic carbocycles. The van der Waals surface area contributed by atoms with Crippen LogP contribution in [0.15, 0.2) is 6.07 Å². The molecule has 0 radical (unpaired) electrons. The van der Waals surface area contributed by atoms with E-state index < -0.39 is 0 Å². The monoisotopic (exact) mass is 223 g/mol. The van der Waals surface area contributed by atoms with Crippen molar-refractivity contribution < 1.29 is 4.74 Å². The fourth-order valence-corrected chi connectivity index (χ4v) is 1.17. The van der Waals surface area contributed by atoms with Crippen molar-refractivity contribution in [3.8, 4) is 5.88 Å². The van der Waals surface area contributed by atoms with Crippen LogP contribution in [0.2, 0.25) is 0 Å². The number of hydrogen-bond acceptors (Lipinski definition) is 4. The van der Waals surface area contributed by atoms with Crippen molar-refractivity contribution in [3.63, 3.8) is 0 Å². The number of nitrogen functional groups attached to an aromatic ring is 1. The Kier molecular flexibility index (Phi) is 4.10. The smallest absolute Gasteiger partial charge is 0.218 e. The van der Waals surface area contributed by atoms with Gasteiger partial charge in [0.25, 0.3) is 0 Å². The van der Waals surface area contributed by atoms with Gasteiger partial charge in [-0.25, -0.2) is 4.98 Å². The van der Waals surface area contributed by atoms with E-state index in [1.165, 1.54) is 0 Å². The highest BCUT2D eigenvalue weighted by molar-refractivity contribution is 5.34. The van der Waals surface area contributed by atoms with Gasteiger partial charge in [-0.1, -0.05) is 34.1 Å². The van der Waals surface area contributed by atoms with Gasteiger partial charge in [-0.3, -0.25) is 0 Å². The minimum absolute atomic E-state index is 0.113. The van der Waals surface area contributed by atoms with E-state index in [1.807, 2.05) is 0 Å². The zero-order valence-corrected chi connectivity index (χ0v) is 10.6. The lowest BCUT2D eigenvalue weighted by Gasteiger charge is -2.17. The molecular formula is C12H21N3O. The van der Waals surface area contributed by atoms with Gasteiger partial charge in [0.1, 0.15) is 11.6 Å². The van der Waals surface area contributed by atoms with Crippen molar-refractivity contribution >= 4 is 5.82 Å². The lowest BCUT2D eigenvalue weighted by molar-refractivity contribution is 0.294. The summed E-state index contributed by atoms with van der Waals surface area (Å²) in [7, 11) is 0. The Morgan fingerprint density at radius 3 is 2.56 bits per heavy atom.